The molecule has 1 aromatic rings. The number of carbonyl (C=O) groups is 1. The first-order valence-corrected chi connectivity index (χ1v) is 4.48. The summed E-state index contributed by atoms with van der Waals surface area (Å²) in [6, 6.07) is 0. The summed E-state index contributed by atoms with van der Waals surface area (Å²) in [4.78, 5) is 11.3. The predicted octanol–water partition coefficient (Wildman–Crippen LogP) is 1.80. The lowest BCUT2D eigenvalue weighted by molar-refractivity contribution is 0.0518. The van der Waals surface area contributed by atoms with Crippen molar-refractivity contribution in [3.05, 3.63) is 16.4 Å². The molecule has 0 atom stereocenters. The Bertz CT molecular complexity index is 309. The molecule has 13 heavy (non-hydrogen) atoms. The van der Waals surface area contributed by atoms with E-state index in [1.807, 2.05) is 6.92 Å². The number of carbonyl (C=O) groups excluding carboxylic acids is 1. The largest absolute Gasteiger partial charge is 0.461 e. The maximum absolute atomic E-state index is 11.3. The Morgan fingerprint density at radius 2 is 2.31 bits per heavy atom. The number of nitrogens with one attached hydrogen (secondary N) is 1. The van der Waals surface area contributed by atoms with Crippen LogP contribution >= 0.6 is 11.6 Å². The highest BCUT2D eigenvalue weighted by atomic mass is 35.5. The molecule has 5 heteroatoms. The van der Waals surface area contributed by atoms with Gasteiger partial charge in [0.2, 0.25) is 0 Å². The van der Waals surface area contributed by atoms with Gasteiger partial charge in [0.15, 0.2) is 5.69 Å². The van der Waals surface area contributed by atoms with Crippen LogP contribution in [0.4, 0.5) is 0 Å². The number of hydrogen-bond acceptors (Lipinski definition) is 3. The fraction of sp³-hybridized carbons (Fsp3) is 0.500. The molecular formula is C8H11ClN2O2. The van der Waals surface area contributed by atoms with Crippen LogP contribution in [0.15, 0.2) is 0 Å². The number of rotatable bonds is 3. The third kappa shape index (κ3) is 2.01. The smallest absolute Gasteiger partial charge is 0.359 e. The van der Waals surface area contributed by atoms with Crippen molar-refractivity contribution in [1.29, 1.82) is 0 Å². The molecule has 0 aliphatic heterocycles. The van der Waals surface area contributed by atoms with E-state index in [2.05, 4.69) is 10.2 Å². The quantitative estimate of drug-likeness (QED) is 0.761. The molecule has 0 aliphatic carbocycles. The zero-order valence-corrected chi connectivity index (χ0v) is 8.31. The highest BCUT2D eigenvalue weighted by molar-refractivity contribution is 6.30. The third-order valence-electron chi connectivity index (χ3n) is 1.64. The second kappa shape index (κ2) is 4.28. The number of H-pyrrole nitrogens is 1. The Hall–Kier alpha value is -1.03. The number of nitrogens with zero attached hydrogens (tertiary/aromatic N) is 1. The lowest BCUT2D eigenvalue weighted by Gasteiger charge is -1.99. The SMILES string of the molecule is CCOC(=O)c1n[nH]c(Cl)c1CC. The van der Waals surface area contributed by atoms with E-state index in [0.29, 0.717) is 23.7 Å². The molecule has 1 aromatic heterocycles. The van der Waals surface area contributed by atoms with Crippen LogP contribution in [-0.4, -0.2) is 22.8 Å². The van der Waals surface area contributed by atoms with Gasteiger partial charge in [0.05, 0.1) is 6.61 Å². The van der Waals surface area contributed by atoms with Gasteiger partial charge in [0.1, 0.15) is 5.15 Å². The van der Waals surface area contributed by atoms with E-state index in [-0.39, 0.29) is 5.69 Å². The van der Waals surface area contributed by atoms with Crippen LogP contribution in [0.5, 0.6) is 0 Å². The first-order chi connectivity index (χ1) is 6.20. The maximum atomic E-state index is 11.3. The van der Waals surface area contributed by atoms with Crippen molar-refractivity contribution in [3.63, 3.8) is 0 Å². The number of hydrogen-bond donors (Lipinski definition) is 1. The number of esters is 1. The van der Waals surface area contributed by atoms with Crippen LogP contribution in [-0.2, 0) is 11.2 Å². The minimum atomic E-state index is -0.428. The predicted molar refractivity (Wildman–Crippen MR) is 48.9 cm³/mol. The molecule has 1 heterocycles. The van der Waals surface area contributed by atoms with E-state index >= 15 is 0 Å². The van der Waals surface area contributed by atoms with Gasteiger partial charge < -0.3 is 4.74 Å². The average Bonchev–Trinajstić information content (AvgIpc) is 2.47. The zero-order valence-electron chi connectivity index (χ0n) is 7.56. The Kier molecular flexibility index (Phi) is 3.31. The molecule has 0 bridgehead atoms. The number of aromatic nitrogens is 2. The van der Waals surface area contributed by atoms with E-state index in [4.69, 9.17) is 16.3 Å². The molecule has 0 radical (unpaired) electrons. The Labute approximate surface area is 81.2 Å². The minimum Gasteiger partial charge on any atom is -0.461 e. The Morgan fingerprint density at radius 3 is 2.85 bits per heavy atom. The molecule has 72 valence electrons. The summed E-state index contributed by atoms with van der Waals surface area (Å²) < 4.78 is 4.80. The van der Waals surface area contributed by atoms with E-state index in [9.17, 15) is 4.79 Å². The highest BCUT2D eigenvalue weighted by Gasteiger charge is 2.17. The van der Waals surface area contributed by atoms with Crippen LogP contribution in [0.1, 0.15) is 29.9 Å². The second-order valence-electron chi connectivity index (χ2n) is 2.44. The van der Waals surface area contributed by atoms with Gasteiger partial charge in [-0.1, -0.05) is 18.5 Å². The van der Waals surface area contributed by atoms with Crippen molar-refractivity contribution in [2.75, 3.05) is 6.61 Å². The maximum Gasteiger partial charge on any atom is 0.359 e. The summed E-state index contributed by atoms with van der Waals surface area (Å²) >= 11 is 5.76. The zero-order chi connectivity index (χ0) is 9.84. The van der Waals surface area contributed by atoms with Gasteiger partial charge >= 0.3 is 5.97 Å². The van der Waals surface area contributed by atoms with E-state index < -0.39 is 5.97 Å². The average molecular weight is 203 g/mol. The van der Waals surface area contributed by atoms with Gasteiger partial charge in [-0.25, -0.2) is 4.79 Å². The molecule has 0 aromatic carbocycles. The summed E-state index contributed by atoms with van der Waals surface area (Å²) in [6.07, 6.45) is 0.656. The van der Waals surface area contributed by atoms with Crippen LogP contribution in [0.3, 0.4) is 0 Å². The molecule has 4 nitrogen and oxygen atoms in total. The van der Waals surface area contributed by atoms with Crippen LogP contribution in [0, 0.1) is 0 Å². The highest BCUT2D eigenvalue weighted by Crippen LogP contribution is 2.17. The van der Waals surface area contributed by atoms with Gasteiger partial charge in [-0.15, -0.1) is 0 Å². The second-order valence-corrected chi connectivity index (χ2v) is 2.82. The lowest BCUT2D eigenvalue weighted by Crippen LogP contribution is -2.07. The lowest BCUT2D eigenvalue weighted by atomic mass is 10.2. The van der Waals surface area contributed by atoms with Gasteiger partial charge in [-0.2, -0.15) is 5.10 Å². The van der Waals surface area contributed by atoms with Crippen molar-refractivity contribution in [3.8, 4) is 0 Å². The van der Waals surface area contributed by atoms with Crippen molar-refractivity contribution in [2.45, 2.75) is 20.3 Å². The van der Waals surface area contributed by atoms with Gasteiger partial charge in [-0.3, -0.25) is 5.10 Å². The fourth-order valence-corrected chi connectivity index (χ4v) is 1.30. The van der Waals surface area contributed by atoms with Crippen molar-refractivity contribution >= 4 is 17.6 Å². The van der Waals surface area contributed by atoms with Crippen LogP contribution < -0.4 is 0 Å². The number of aromatic amines is 1. The monoisotopic (exact) mass is 202 g/mol. The molecule has 0 aliphatic rings. The van der Waals surface area contributed by atoms with Crippen molar-refractivity contribution in [1.82, 2.24) is 10.2 Å². The normalized spacial score (nSPS) is 10.1. The summed E-state index contributed by atoms with van der Waals surface area (Å²) in [5.41, 5.74) is 0.995. The molecule has 0 unspecified atom stereocenters. The van der Waals surface area contributed by atoms with E-state index in [1.165, 1.54) is 0 Å². The van der Waals surface area contributed by atoms with Crippen molar-refractivity contribution in [2.24, 2.45) is 0 Å². The van der Waals surface area contributed by atoms with Gasteiger partial charge in [0.25, 0.3) is 0 Å². The standard InChI is InChI=1S/C8H11ClN2O2/c1-3-5-6(8(12)13-4-2)10-11-7(5)9/h3-4H2,1-2H3,(H,10,11). The molecule has 1 N–H and O–H groups in total. The molecule has 0 spiro atoms. The summed E-state index contributed by atoms with van der Waals surface area (Å²) in [5.74, 6) is -0.428. The fourth-order valence-electron chi connectivity index (χ4n) is 1.03. The molecule has 0 saturated heterocycles. The van der Waals surface area contributed by atoms with Gasteiger partial charge in [0, 0.05) is 5.56 Å². The number of halogens is 1. The summed E-state index contributed by atoms with van der Waals surface area (Å²) in [7, 11) is 0. The van der Waals surface area contributed by atoms with E-state index in [1.54, 1.807) is 6.92 Å². The summed E-state index contributed by atoms with van der Waals surface area (Å²) in [6.45, 7) is 3.99. The number of ether oxygens (including phenoxy) is 1. The van der Waals surface area contributed by atoms with E-state index in [0.717, 1.165) is 0 Å². The molecule has 1 rings (SSSR count). The molecule has 0 fully saturated rings. The van der Waals surface area contributed by atoms with Crippen LogP contribution in [0.25, 0.3) is 0 Å². The Balaban J connectivity index is 2.93. The molecule has 0 saturated carbocycles. The topological polar surface area (TPSA) is 55.0 Å². The first-order valence-electron chi connectivity index (χ1n) is 4.10. The summed E-state index contributed by atoms with van der Waals surface area (Å²) in [5, 5.41) is 6.72. The Morgan fingerprint density at radius 1 is 1.62 bits per heavy atom. The minimum absolute atomic E-state index is 0.286. The van der Waals surface area contributed by atoms with Crippen LogP contribution in [0.2, 0.25) is 5.15 Å². The third-order valence-corrected chi connectivity index (χ3v) is 1.95. The molecule has 0 amide bonds. The molecular weight excluding hydrogens is 192 g/mol. The van der Waals surface area contributed by atoms with Crippen molar-refractivity contribution < 1.29 is 9.53 Å². The van der Waals surface area contributed by atoms with Gasteiger partial charge in [-0.05, 0) is 13.3 Å². The first kappa shape index (κ1) is 10.1.